The zero-order valence-corrected chi connectivity index (χ0v) is 14.9. The minimum atomic E-state index is -3.14. The van der Waals surface area contributed by atoms with Gasteiger partial charge in [-0.3, -0.25) is 5.10 Å². The Morgan fingerprint density at radius 2 is 2.26 bits per heavy atom. The maximum atomic E-state index is 11.6. The standard InChI is InChI=1S/C15H21ClN4O2S/c1-19(23(2,21)22)9-11-4-3-5-20(10-11)15-7-12(16)6-14-13(15)8-17-18-14/h6-8,11H,3-5,9-10H2,1-2H3,(H,17,18). The number of rotatable bonds is 4. The molecule has 0 amide bonds. The lowest BCUT2D eigenvalue weighted by Crippen LogP contribution is -2.41. The number of hydrogen-bond acceptors (Lipinski definition) is 4. The first-order valence-corrected chi connectivity index (χ1v) is 9.86. The van der Waals surface area contributed by atoms with Gasteiger partial charge in [-0.15, -0.1) is 0 Å². The number of H-pyrrole nitrogens is 1. The van der Waals surface area contributed by atoms with Crippen LogP contribution in [0.1, 0.15) is 12.8 Å². The molecule has 23 heavy (non-hydrogen) atoms. The lowest BCUT2D eigenvalue weighted by molar-refractivity contribution is 0.337. The molecule has 1 aromatic heterocycles. The van der Waals surface area contributed by atoms with Crippen molar-refractivity contribution in [1.82, 2.24) is 14.5 Å². The number of nitrogens with zero attached hydrogens (tertiary/aromatic N) is 3. The Morgan fingerprint density at radius 3 is 3.00 bits per heavy atom. The fraction of sp³-hybridized carbons (Fsp3) is 0.533. The molecule has 1 saturated heterocycles. The Labute approximate surface area is 141 Å². The van der Waals surface area contributed by atoms with Crippen molar-refractivity contribution in [3.63, 3.8) is 0 Å². The zero-order chi connectivity index (χ0) is 16.6. The van der Waals surface area contributed by atoms with E-state index in [0.717, 1.165) is 42.5 Å². The maximum absolute atomic E-state index is 11.6. The van der Waals surface area contributed by atoms with Crippen LogP contribution in [0.3, 0.4) is 0 Å². The minimum absolute atomic E-state index is 0.310. The van der Waals surface area contributed by atoms with Gasteiger partial charge in [0.2, 0.25) is 10.0 Å². The number of piperidine rings is 1. The van der Waals surface area contributed by atoms with Gasteiger partial charge in [0.05, 0.1) is 18.0 Å². The average molecular weight is 357 g/mol. The Balaban J connectivity index is 1.82. The molecule has 0 saturated carbocycles. The third kappa shape index (κ3) is 3.62. The van der Waals surface area contributed by atoms with Crippen LogP contribution in [0.4, 0.5) is 5.69 Å². The van der Waals surface area contributed by atoms with Gasteiger partial charge in [0.15, 0.2) is 0 Å². The molecule has 2 heterocycles. The summed E-state index contributed by atoms with van der Waals surface area (Å²) in [5.74, 6) is 0.310. The molecule has 0 bridgehead atoms. The molecule has 1 fully saturated rings. The molecule has 8 heteroatoms. The molecule has 126 valence electrons. The van der Waals surface area contributed by atoms with Crippen LogP contribution >= 0.6 is 11.6 Å². The normalized spacial score (nSPS) is 19.7. The number of fused-ring (bicyclic) bond motifs is 1. The van der Waals surface area contributed by atoms with Crippen LogP contribution in [0.2, 0.25) is 5.02 Å². The number of halogens is 1. The monoisotopic (exact) mass is 356 g/mol. The van der Waals surface area contributed by atoms with Gasteiger partial charge in [0, 0.05) is 42.8 Å². The zero-order valence-electron chi connectivity index (χ0n) is 13.3. The third-order valence-corrected chi connectivity index (χ3v) is 5.94. The van der Waals surface area contributed by atoms with E-state index in [1.54, 1.807) is 7.05 Å². The van der Waals surface area contributed by atoms with Crippen molar-refractivity contribution in [3.8, 4) is 0 Å². The Morgan fingerprint density at radius 1 is 1.48 bits per heavy atom. The van der Waals surface area contributed by atoms with E-state index in [4.69, 9.17) is 11.6 Å². The van der Waals surface area contributed by atoms with Crippen molar-refractivity contribution in [2.24, 2.45) is 5.92 Å². The summed E-state index contributed by atoms with van der Waals surface area (Å²) in [7, 11) is -1.50. The lowest BCUT2D eigenvalue weighted by atomic mass is 9.97. The van der Waals surface area contributed by atoms with Crippen molar-refractivity contribution >= 4 is 38.2 Å². The second-order valence-electron chi connectivity index (χ2n) is 6.25. The minimum Gasteiger partial charge on any atom is -0.371 e. The van der Waals surface area contributed by atoms with Crippen LogP contribution in [0.5, 0.6) is 0 Å². The number of benzene rings is 1. The molecule has 1 aliphatic heterocycles. The number of nitrogens with one attached hydrogen (secondary N) is 1. The molecule has 6 nitrogen and oxygen atoms in total. The van der Waals surface area contributed by atoms with Crippen LogP contribution in [-0.2, 0) is 10.0 Å². The molecule has 2 aromatic rings. The smallest absolute Gasteiger partial charge is 0.210 e. The highest BCUT2D eigenvalue weighted by atomic mass is 35.5. The third-order valence-electron chi connectivity index (χ3n) is 4.44. The predicted molar refractivity (Wildman–Crippen MR) is 93.5 cm³/mol. The fourth-order valence-electron chi connectivity index (χ4n) is 3.19. The van der Waals surface area contributed by atoms with Crippen molar-refractivity contribution in [2.75, 3.05) is 37.8 Å². The summed E-state index contributed by atoms with van der Waals surface area (Å²) in [5.41, 5.74) is 1.98. The number of anilines is 1. The van der Waals surface area contributed by atoms with Crippen molar-refractivity contribution in [2.45, 2.75) is 12.8 Å². The SMILES string of the molecule is CN(CC1CCCN(c2cc(Cl)cc3[nH]ncc23)C1)S(C)(=O)=O. The van der Waals surface area contributed by atoms with Crippen molar-refractivity contribution < 1.29 is 8.42 Å². The average Bonchev–Trinajstić information content (AvgIpc) is 2.93. The molecule has 1 unspecified atom stereocenters. The second-order valence-corrected chi connectivity index (χ2v) is 8.78. The number of aromatic nitrogens is 2. The van der Waals surface area contributed by atoms with Crippen LogP contribution < -0.4 is 4.90 Å². The molecule has 1 aliphatic rings. The van der Waals surface area contributed by atoms with Gasteiger partial charge in [-0.1, -0.05) is 11.6 Å². The van der Waals surface area contributed by atoms with E-state index >= 15 is 0 Å². The van der Waals surface area contributed by atoms with Gasteiger partial charge in [0.25, 0.3) is 0 Å². The van der Waals surface area contributed by atoms with E-state index in [2.05, 4.69) is 15.1 Å². The van der Waals surface area contributed by atoms with E-state index in [9.17, 15) is 8.42 Å². The molecule has 0 spiro atoms. The maximum Gasteiger partial charge on any atom is 0.210 e. The molecule has 0 aliphatic carbocycles. The summed E-state index contributed by atoms with van der Waals surface area (Å²) in [6, 6.07) is 3.83. The summed E-state index contributed by atoms with van der Waals surface area (Å²) in [6.45, 7) is 2.31. The molecular weight excluding hydrogens is 336 g/mol. The van der Waals surface area contributed by atoms with Crippen LogP contribution in [0, 0.1) is 5.92 Å². The van der Waals surface area contributed by atoms with Crippen molar-refractivity contribution in [3.05, 3.63) is 23.4 Å². The van der Waals surface area contributed by atoms with E-state index in [1.807, 2.05) is 18.3 Å². The van der Waals surface area contributed by atoms with E-state index in [-0.39, 0.29) is 0 Å². The first kappa shape index (κ1) is 16.5. The highest BCUT2D eigenvalue weighted by molar-refractivity contribution is 7.88. The summed E-state index contributed by atoms with van der Waals surface area (Å²) < 4.78 is 24.7. The summed E-state index contributed by atoms with van der Waals surface area (Å²) >= 11 is 6.22. The van der Waals surface area contributed by atoms with Crippen LogP contribution in [-0.4, -0.2) is 55.9 Å². The van der Waals surface area contributed by atoms with Crippen LogP contribution in [0.15, 0.2) is 18.3 Å². The topological polar surface area (TPSA) is 69.3 Å². The lowest BCUT2D eigenvalue weighted by Gasteiger charge is -2.36. The Bertz CT molecular complexity index is 805. The van der Waals surface area contributed by atoms with E-state index < -0.39 is 10.0 Å². The summed E-state index contributed by atoms with van der Waals surface area (Å²) in [4.78, 5) is 2.29. The Hall–Kier alpha value is -1.31. The molecule has 1 atom stereocenters. The van der Waals surface area contributed by atoms with Gasteiger partial charge < -0.3 is 4.90 Å². The highest BCUT2D eigenvalue weighted by Gasteiger charge is 2.25. The van der Waals surface area contributed by atoms with E-state index in [1.165, 1.54) is 10.6 Å². The number of hydrogen-bond donors (Lipinski definition) is 1. The van der Waals surface area contributed by atoms with E-state index in [0.29, 0.717) is 17.5 Å². The first-order chi connectivity index (χ1) is 10.8. The fourth-order valence-corrected chi connectivity index (χ4v) is 3.89. The summed E-state index contributed by atoms with van der Waals surface area (Å²) in [5, 5.41) is 8.78. The Kier molecular flexibility index (Phi) is 4.53. The van der Waals surface area contributed by atoms with Gasteiger partial charge in [-0.2, -0.15) is 5.10 Å². The van der Waals surface area contributed by atoms with Gasteiger partial charge >= 0.3 is 0 Å². The van der Waals surface area contributed by atoms with Gasteiger partial charge in [-0.25, -0.2) is 12.7 Å². The van der Waals surface area contributed by atoms with Gasteiger partial charge in [0.1, 0.15) is 0 Å². The molecule has 1 N–H and O–H groups in total. The number of sulfonamides is 1. The summed E-state index contributed by atoms with van der Waals surface area (Å²) in [6.07, 6.45) is 5.13. The quantitative estimate of drug-likeness (QED) is 0.912. The molecule has 3 rings (SSSR count). The molecule has 0 radical (unpaired) electrons. The van der Waals surface area contributed by atoms with Gasteiger partial charge in [-0.05, 0) is 30.9 Å². The van der Waals surface area contributed by atoms with Crippen molar-refractivity contribution in [1.29, 1.82) is 0 Å². The molecular formula is C15H21ClN4O2S. The molecule has 1 aromatic carbocycles. The second kappa shape index (κ2) is 6.30. The number of aromatic amines is 1. The van der Waals surface area contributed by atoms with Crippen LogP contribution in [0.25, 0.3) is 10.9 Å². The predicted octanol–water partition coefficient (Wildman–Crippen LogP) is 2.32. The largest absolute Gasteiger partial charge is 0.371 e. The first-order valence-electron chi connectivity index (χ1n) is 7.63. The highest BCUT2D eigenvalue weighted by Crippen LogP contribution is 2.32.